The smallest absolute Gasteiger partial charge is 0.274 e. The Hall–Kier alpha value is -3.48. The highest BCUT2D eigenvalue weighted by atomic mass is 16.5. The Labute approximate surface area is 157 Å². The lowest BCUT2D eigenvalue weighted by atomic mass is 10.2. The van der Waals surface area contributed by atoms with E-state index in [0.717, 1.165) is 11.3 Å². The molecule has 0 aliphatic heterocycles. The standard InChI is InChI=1S/C20H21N5O2/c1-3-27-17-6-4-16(5-7-17)25-20(26)18-12-19(24-14(2)23-18)22-13-15-8-10-21-11-9-15/h4-12H,3,13H2,1-2H3,(H,25,26)(H,22,23,24). The van der Waals surface area contributed by atoms with Crippen LogP contribution in [-0.2, 0) is 6.54 Å². The number of hydrogen-bond donors (Lipinski definition) is 2. The molecule has 7 nitrogen and oxygen atoms in total. The van der Waals surface area contributed by atoms with Gasteiger partial charge in [0.25, 0.3) is 5.91 Å². The van der Waals surface area contributed by atoms with E-state index in [9.17, 15) is 4.79 Å². The van der Waals surface area contributed by atoms with Crippen LogP contribution in [0.2, 0.25) is 0 Å². The third-order valence-corrected chi connectivity index (χ3v) is 3.72. The number of ether oxygens (including phenoxy) is 1. The number of carbonyl (C=O) groups excluding carboxylic acids is 1. The maximum absolute atomic E-state index is 12.5. The van der Waals surface area contributed by atoms with Gasteiger partial charge in [-0.25, -0.2) is 9.97 Å². The summed E-state index contributed by atoms with van der Waals surface area (Å²) in [6.45, 7) is 4.86. The van der Waals surface area contributed by atoms with E-state index in [1.54, 1.807) is 37.5 Å². The van der Waals surface area contributed by atoms with Crippen molar-refractivity contribution in [3.8, 4) is 5.75 Å². The van der Waals surface area contributed by atoms with Crippen LogP contribution in [0, 0.1) is 6.92 Å². The molecule has 2 aromatic heterocycles. The Kier molecular flexibility index (Phi) is 5.94. The third-order valence-electron chi connectivity index (χ3n) is 3.72. The summed E-state index contributed by atoms with van der Waals surface area (Å²) in [5, 5.41) is 6.04. The maximum atomic E-state index is 12.5. The van der Waals surface area contributed by atoms with Crippen LogP contribution in [0.5, 0.6) is 5.75 Å². The van der Waals surface area contributed by atoms with Gasteiger partial charge in [0, 0.05) is 30.7 Å². The quantitative estimate of drug-likeness (QED) is 0.668. The summed E-state index contributed by atoms with van der Waals surface area (Å²) in [5.41, 5.74) is 2.04. The first kappa shape index (κ1) is 18.3. The molecule has 0 radical (unpaired) electrons. The van der Waals surface area contributed by atoms with Gasteiger partial charge >= 0.3 is 0 Å². The number of aryl methyl sites for hydroxylation is 1. The second-order valence-corrected chi connectivity index (χ2v) is 5.81. The average Bonchev–Trinajstić information content (AvgIpc) is 2.68. The number of hydrogen-bond acceptors (Lipinski definition) is 6. The minimum atomic E-state index is -0.295. The van der Waals surface area contributed by atoms with Crippen molar-refractivity contribution in [3.05, 3.63) is 71.9 Å². The Bertz CT molecular complexity index is 898. The fourth-order valence-corrected chi connectivity index (χ4v) is 2.46. The predicted molar refractivity (Wildman–Crippen MR) is 104 cm³/mol. The lowest BCUT2D eigenvalue weighted by Crippen LogP contribution is -2.15. The molecule has 0 saturated heterocycles. The second-order valence-electron chi connectivity index (χ2n) is 5.81. The molecule has 2 heterocycles. The van der Waals surface area contributed by atoms with Gasteiger partial charge in [0.15, 0.2) is 0 Å². The van der Waals surface area contributed by atoms with E-state index in [4.69, 9.17) is 4.74 Å². The zero-order valence-corrected chi connectivity index (χ0v) is 15.3. The van der Waals surface area contributed by atoms with Gasteiger partial charge in [-0.15, -0.1) is 0 Å². The van der Waals surface area contributed by atoms with E-state index in [-0.39, 0.29) is 5.91 Å². The van der Waals surface area contributed by atoms with Gasteiger partial charge < -0.3 is 15.4 Å². The van der Waals surface area contributed by atoms with Crippen molar-refractivity contribution in [2.75, 3.05) is 17.2 Å². The largest absolute Gasteiger partial charge is 0.494 e. The predicted octanol–water partition coefficient (Wildman–Crippen LogP) is 3.44. The molecule has 0 saturated carbocycles. The molecule has 1 amide bonds. The minimum absolute atomic E-state index is 0.295. The molecule has 0 atom stereocenters. The summed E-state index contributed by atoms with van der Waals surface area (Å²) in [7, 11) is 0. The summed E-state index contributed by atoms with van der Waals surface area (Å²) in [6.07, 6.45) is 3.47. The molecule has 0 aliphatic carbocycles. The normalized spacial score (nSPS) is 10.3. The van der Waals surface area contributed by atoms with E-state index in [0.29, 0.717) is 36.2 Å². The number of amides is 1. The van der Waals surface area contributed by atoms with Crippen molar-refractivity contribution >= 4 is 17.4 Å². The summed E-state index contributed by atoms with van der Waals surface area (Å²) in [6, 6.07) is 12.7. The van der Waals surface area contributed by atoms with Crippen molar-refractivity contribution in [1.82, 2.24) is 15.0 Å². The van der Waals surface area contributed by atoms with E-state index >= 15 is 0 Å². The van der Waals surface area contributed by atoms with Gasteiger partial charge in [0.2, 0.25) is 0 Å². The van der Waals surface area contributed by atoms with Crippen LogP contribution in [0.3, 0.4) is 0 Å². The molecule has 3 rings (SSSR count). The highest BCUT2D eigenvalue weighted by molar-refractivity contribution is 6.03. The van der Waals surface area contributed by atoms with Crippen LogP contribution in [0.1, 0.15) is 28.8 Å². The summed E-state index contributed by atoms with van der Waals surface area (Å²) >= 11 is 0. The van der Waals surface area contributed by atoms with E-state index in [1.807, 2.05) is 31.2 Å². The van der Waals surface area contributed by atoms with Crippen LogP contribution in [0.15, 0.2) is 54.9 Å². The van der Waals surface area contributed by atoms with Crippen molar-refractivity contribution < 1.29 is 9.53 Å². The van der Waals surface area contributed by atoms with E-state index in [2.05, 4.69) is 25.6 Å². The summed E-state index contributed by atoms with van der Waals surface area (Å²) in [5.74, 6) is 1.58. The molecule has 0 unspecified atom stereocenters. The highest BCUT2D eigenvalue weighted by Gasteiger charge is 2.11. The number of nitrogens with one attached hydrogen (secondary N) is 2. The number of carbonyl (C=O) groups is 1. The Morgan fingerprint density at radius 1 is 1.07 bits per heavy atom. The Balaban J connectivity index is 1.68. The number of nitrogens with zero attached hydrogens (tertiary/aromatic N) is 3. The molecule has 1 aromatic carbocycles. The van der Waals surface area contributed by atoms with Crippen LogP contribution < -0.4 is 15.4 Å². The van der Waals surface area contributed by atoms with Gasteiger partial charge in [0.1, 0.15) is 23.1 Å². The monoisotopic (exact) mass is 363 g/mol. The van der Waals surface area contributed by atoms with E-state index in [1.165, 1.54) is 0 Å². The van der Waals surface area contributed by atoms with Gasteiger partial charge in [-0.05, 0) is 55.8 Å². The summed E-state index contributed by atoms with van der Waals surface area (Å²) < 4.78 is 5.40. The number of anilines is 2. The van der Waals surface area contributed by atoms with Crippen molar-refractivity contribution in [2.45, 2.75) is 20.4 Å². The highest BCUT2D eigenvalue weighted by Crippen LogP contribution is 2.17. The zero-order valence-electron chi connectivity index (χ0n) is 15.3. The number of pyridine rings is 1. The van der Waals surface area contributed by atoms with Crippen molar-refractivity contribution in [2.24, 2.45) is 0 Å². The minimum Gasteiger partial charge on any atom is -0.494 e. The second kappa shape index (κ2) is 8.75. The van der Waals surface area contributed by atoms with Gasteiger partial charge in [-0.1, -0.05) is 0 Å². The number of aromatic nitrogens is 3. The molecular formula is C20H21N5O2. The van der Waals surface area contributed by atoms with Crippen LogP contribution >= 0.6 is 0 Å². The molecular weight excluding hydrogens is 342 g/mol. The first-order valence-corrected chi connectivity index (χ1v) is 8.66. The van der Waals surface area contributed by atoms with Crippen molar-refractivity contribution in [1.29, 1.82) is 0 Å². The molecule has 27 heavy (non-hydrogen) atoms. The third kappa shape index (κ3) is 5.24. The fraction of sp³-hybridized carbons (Fsp3) is 0.200. The topological polar surface area (TPSA) is 89.0 Å². The van der Waals surface area contributed by atoms with Gasteiger partial charge in [-0.2, -0.15) is 0 Å². The lowest BCUT2D eigenvalue weighted by molar-refractivity contribution is 0.102. The molecule has 2 N–H and O–H groups in total. The molecule has 0 bridgehead atoms. The number of benzene rings is 1. The Morgan fingerprint density at radius 2 is 1.81 bits per heavy atom. The molecule has 0 aliphatic rings. The molecule has 0 spiro atoms. The fourth-order valence-electron chi connectivity index (χ4n) is 2.46. The van der Waals surface area contributed by atoms with Crippen LogP contribution in [0.4, 0.5) is 11.5 Å². The molecule has 7 heteroatoms. The van der Waals surface area contributed by atoms with Crippen molar-refractivity contribution in [3.63, 3.8) is 0 Å². The first-order valence-electron chi connectivity index (χ1n) is 8.66. The molecule has 3 aromatic rings. The first-order chi connectivity index (χ1) is 13.1. The number of rotatable bonds is 7. The summed E-state index contributed by atoms with van der Waals surface area (Å²) in [4.78, 5) is 25.1. The SMILES string of the molecule is CCOc1ccc(NC(=O)c2cc(NCc3ccncc3)nc(C)n2)cc1. The maximum Gasteiger partial charge on any atom is 0.274 e. The lowest BCUT2D eigenvalue weighted by Gasteiger charge is -2.10. The van der Waals surface area contributed by atoms with Gasteiger partial charge in [-0.3, -0.25) is 9.78 Å². The molecule has 0 fully saturated rings. The van der Waals surface area contributed by atoms with Gasteiger partial charge in [0.05, 0.1) is 6.61 Å². The molecule has 138 valence electrons. The zero-order chi connectivity index (χ0) is 19.1. The average molecular weight is 363 g/mol. The Morgan fingerprint density at radius 3 is 2.52 bits per heavy atom. The van der Waals surface area contributed by atoms with Crippen LogP contribution in [0.25, 0.3) is 0 Å². The van der Waals surface area contributed by atoms with E-state index < -0.39 is 0 Å². The van der Waals surface area contributed by atoms with Crippen LogP contribution in [-0.4, -0.2) is 27.5 Å².